The smallest absolute Gasteiger partial charge is 0.405 e. The van der Waals surface area contributed by atoms with Gasteiger partial charge in [-0.3, -0.25) is 4.90 Å². The molecule has 1 aromatic carbocycles. The van der Waals surface area contributed by atoms with E-state index in [1.165, 1.54) is 12.1 Å². The highest BCUT2D eigenvalue weighted by Gasteiger charge is 2.34. The molecule has 0 atom stereocenters. The summed E-state index contributed by atoms with van der Waals surface area (Å²) >= 11 is 0. The van der Waals surface area contributed by atoms with E-state index in [9.17, 15) is 18.3 Å². The van der Waals surface area contributed by atoms with Crippen LogP contribution in [0.15, 0.2) is 43.0 Å². The van der Waals surface area contributed by atoms with Gasteiger partial charge >= 0.3 is 6.36 Å². The highest BCUT2D eigenvalue weighted by atomic mass is 19.4. The fraction of sp³-hybridized carbons (Fsp3) is 0.471. The number of imidazole rings is 1. The minimum absolute atomic E-state index is 0.172. The lowest BCUT2D eigenvalue weighted by atomic mass is 9.91. The Morgan fingerprint density at radius 3 is 2.56 bits per heavy atom. The number of halogens is 3. The summed E-state index contributed by atoms with van der Waals surface area (Å²) in [5.41, 5.74) is -0.334. The van der Waals surface area contributed by atoms with Gasteiger partial charge in [-0.25, -0.2) is 4.98 Å². The van der Waals surface area contributed by atoms with Gasteiger partial charge in [0.05, 0.1) is 18.5 Å². The summed E-state index contributed by atoms with van der Waals surface area (Å²) in [7, 11) is 0. The highest BCUT2D eigenvalue weighted by Crippen LogP contribution is 2.29. The maximum absolute atomic E-state index is 12.5. The average molecular weight is 355 g/mol. The standard InChI is InChI=1S/C17H20F3N3O2/c18-17(19,20)25-15-4-2-1-3-14(15)11-22-8-5-16(24,6-9-22)12-23-10-7-21-13-23/h1-4,7,10,13,24H,5-6,8-9,11-12H2. The van der Waals surface area contributed by atoms with E-state index in [1.807, 2.05) is 9.47 Å². The largest absolute Gasteiger partial charge is 0.573 e. The number of hydrogen-bond acceptors (Lipinski definition) is 4. The number of alkyl halides is 3. The second-order valence-electron chi connectivity index (χ2n) is 6.39. The highest BCUT2D eigenvalue weighted by molar-refractivity contribution is 5.33. The quantitative estimate of drug-likeness (QED) is 0.896. The number of ether oxygens (including phenoxy) is 1. The molecule has 0 amide bonds. The van der Waals surface area contributed by atoms with Gasteiger partial charge in [0, 0.05) is 37.6 Å². The lowest BCUT2D eigenvalue weighted by molar-refractivity contribution is -0.275. The van der Waals surface area contributed by atoms with Crippen LogP contribution in [0.5, 0.6) is 5.75 Å². The van der Waals surface area contributed by atoms with Crippen LogP contribution in [0.25, 0.3) is 0 Å². The number of para-hydroxylation sites is 1. The monoisotopic (exact) mass is 355 g/mol. The Morgan fingerprint density at radius 2 is 1.92 bits per heavy atom. The fourth-order valence-corrected chi connectivity index (χ4v) is 3.11. The van der Waals surface area contributed by atoms with E-state index >= 15 is 0 Å². The maximum atomic E-state index is 12.5. The average Bonchev–Trinajstić information content (AvgIpc) is 3.03. The Morgan fingerprint density at radius 1 is 1.20 bits per heavy atom. The van der Waals surface area contributed by atoms with Gasteiger partial charge in [0.2, 0.25) is 0 Å². The summed E-state index contributed by atoms with van der Waals surface area (Å²) in [5, 5.41) is 10.7. The predicted octanol–water partition coefficient (Wildman–Crippen LogP) is 2.81. The summed E-state index contributed by atoms with van der Waals surface area (Å²) in [6.45, 7) is 2.03. The Hall–Kier alpha value is -2.06. The van der Waals surface area contributed by atoms with Crippen molar-refractivity contribution in [1.82, 2.24) is 14.5 Å². The molecule has 0 saturated carbocycles. The van der Waals surface area contributed by atoms with Crippen molar-refractivity contribution in [2.24, 2.45) is 0 Å². The number of aromatic nitrogens is 2. The summed E-state index contributed by atoms with van der Waals surface area (Å²) in [5.74, 6) is -0.172. The molecule has 0 spiro atoms. The molecule has 0 unspecified atom stereocenters. The zero-order valence-electron chi connectivity index (χ0n) is 13.6. The van der Waals surface area contributed by atoms with E-state index in [4.69, 9.17) is 0 Å². The molecule has 2 heterocycles. The van der Waals surface area contributed by atoms with Gasteiger partial charge in [-0.15, -0.1) is 13.2 Å². The third-order valence-corrected chi connectivity index (χ3v) is 4.42. The van der Waals surface area contributed by atoms with Crippen LogP contribution in [0.3, 0.4) is 0 Å². The number of piperidine rings is 1. The van der Waals surface area contributed by atoms with Gasteiger partial charge in [-0.1, -0.05) is 18.2 Å². The van der Waals surface area contributed by atoms with Gasteiger partial charge in [0.25, 0.3) is 0 Å². The molecule has 0 aliphatic carbocycles. The van der Waals surface area contributed by atoms with Crippen LogP contribution >= 0.6 is 0 Å². The van der Waals surface area contributed by atoms with Crippen molar-refractivity contribution in [1.29, 1.82) is 0 Å². The van der Waals surface area contributed by atoms with Gasteiger partial charge in [0.15, 0.2) is 0 Å². The van der Waals surface area contributed by atoms with Gasteiger partial charge < -0.3 is 14.4 Å². The van der Waals surface area contributed by atoms with Crippen molar-refractivity contribution in [3.63, 3.8) is 0 Å². The minimum Gasteiger partial charge on any atom is -0.405 e. The molecule has 1 saturated heterocycles. The number of nitrogens with zero attached hydrogens (tertiary/aromatic N) is 3. The fourth-order valence-electron chi connectivity index (χ4n) is 3.11. The van der Waals surface area contributed by atoms with Crippen molar-refractivity contribution in [3.8, 4) is 5.75 Å². The zero-order chi connectivity index (χ0) is 17.9. The minimum atomic E-state index is -4.71. The van der Waals surface area contributed by atoms with Crippen molar-refractivity contribution in [2.75, 3.05) is 13.1 Å². The second-order valence-corrected chi connectivity index (χ2v) is 6.39. The van der Waals surface area contributed by atoms with Crippen molar-refractivity contribution < 1.29 is 23.0 Å². The first-order chi connectivity index (χ1) is 11.8. The number of benzene rings is 1. The number of aliphatic hydroxyl groups is 1. The lowest BCUT2D eigenvalue weighted by Gasteiger charge is -2.38. The summed E-state index contributed by atoms with van der Waals surface area (Å²) < 4.78 is 43.5. The Balaban J connectivity index is 1.59. The van der Waals surface area contributed by atoms with E-state index in [0.717, 1.165) is 0 Å². The van der Waals surface area contributed by atoms with Crippen LogP contribution in [-0.4, -0.2) is 44.6 Å². The van der Waals surface area contributed by atoms with E-state index in [-0.39, 0.29) is 5.75 Å². The molecule has 136 valence electrons. The van der Waals surface area contributed by atoms with Crippen molar-refractivity contribution in [3.05, 3.63) is 48.5 Å². The lowest BCUT2D eigenvalue weighted by Crippen LogP contribution is -2.46. The number of likely N-dealkylation sites (tertiary alicyclic amines) is 1. The first-order valence-corrected chi connectivity index (χ1v) is 8.07. The van der Waals surface area contributed by atoms with Crippen LogP contribution in [-0.2, 0) is 13.1 Å². The molecule has 1 aliphatic rings. The predicted molar refractivity (Wildman–Crippen MR) is 84.8 cm³/mol. The second kappa shape index (κ2) is 7.05. The Bertz CT molecular complexity index is 681. The van der Waals surface area contributed by atoms with Crippen molar-refractivity contribution in [2.45, 2.75) is 37.9 Å². The number of rotatable bonds is 5. The molecule has 3 rings (SSSR count). The molecule has 0 radical (unpaired) electrons. The number of hydrogen-bond donors (Lipinski definition) is 1. The summed E-state index contributed by atoms with van der Waals surface area (Å²) in [4.78, 5) is 5.99. The first-order valence-electron chi connectivity index (χ1n) is 8.07. The summed E-state index contributed by atoms with van der Waals surface area (Å²) in [6.07, 6.45) is 1.52. The van der Waals surface area contributed by atoms with E-state index < -0.39 is 12.0 Å². The zero-order valence-corrected chi connectivity index (χ0v) is 13.6. The summed E-state index contributed by atoms with van der Waals surface area (Å²) in [6, 6.07) is 6.16. The molecule has 0 bridgehead atoms. The molecule has 1 aliphatic heterocycles. The molecule has 1 N–H and O–H groups in total. The molecule has 1 aromatic heterocycles. The van der Waals surface area contributed by atoms with Crippen LogP contribution in [0.4, 0.5) is 13.2 Å². The normalized spacial score (nSPS) is 18.2. The SMILES string of the molecule is OC1(Cn2ccnc2)CCN(Cc2ccccc2OC(F)(F)F)CC1. The van der Waals surface area contributed by atoms with E-state index in [2.05, 4.69) is 9.72 Å². The van der Waals surface area contributed by atoms with Gasteiger partial charge in [-0.05, 0) is 18.9 Å². The molecule has 8 heteroatoms. The topological polar surface area (TPSA) is 50.5 Å². The van der Waals surface area contributed by atoms with Crippen LogP contribution in [0.2, 0.25) is 0 Å². The van der Waals surface area contributed by atoms with Crippen LogP contribution in [0.1, 0.15) is 18.4 Å². The maximum Gasteiger partial charge on any atom is 0.573 e. The van der Waals surface area contributed by atoms with Gasteiger partial charge in [0.1, 0.15) is 5.75 Å². The van der Waals surface area contributed by atoms with Gasteiger partial charge in [-0.2, -0.15) is 0 Å². The molecular formula is C17H20F3N3O2. The Kier molecular flexibility index (Phi) is 5.01. The molecule has 5 nitrogen and oxygen atoms in total. The Labute approximate surface area is 143 Å². The molecule has 1 fully saturated rings. The van der Waals surface area contributed by atoms with Crippen molar-refractivity contribution >= 4 is 0 Å². The first kappa shape index (κ1) is 17.8. The third-order valence-electron chi connectivity index (χ3n) is 4.42. The third kappa shape index (κ3) is 4.96. The molecular weight excluding hydrogens is 335 g/mol. The molecule has 25 heavy (non-hydrogen) atoms. The van der Waals surface area contributed by atoms with Crippen LogP contribution < -0.4 is 4.74 Å². The molecule has 2 aromatic rings. The van der Waals surface area contributed by atoms with Crippen LogP contribution in [0, 0.1) is 0 Å². The van der Waals surface area contributed by atoms with E-state index in [1.54, 1.807) is 30.9 Å². The van der Waals surface area contributed by atoms with E-state index in [0.29, 0.717) is 44.6 Å².